The van der Waals surface area contributed by atoms with Crippen molar-refractivity contribution in [3.8, 4) is 0 Å². The number of hydrogen-bond acceptors (Lipinski definition) is 2. The molecular weight excluding hydrogens is 152 g/mol. The van der Waals surface area contributed by atoms with Crippen LogP contribution in [-0.4, -0.2) is 13.1 Å². The Morgan fingerprint density at radius 2 is 2.08 bits per heavy atom. The molecule has 0 bridgehead atoms. The molecule has 0 radical (unpaired) electrons. The van der Waals surface area contributed by atoms with E-state index in [0.29, 0.717) is 0 Å². The van der Waals surface area contributed by atoms with Crippen LogP contribution in [0.3, 0.4) is 0 Å². The van der Waals surface area contributed by atoms with Gasteiger partial charge in [-0.05, 0) is 5.41 Å². The SMILES string of the molecule is COC(=O)C1C=CC=CC1(C)C. The topological polar surface area (TPSA) is 26.3 Å². The van der Waals surface area contributed by atoms with Crippen LogP contribution in [0.4, 0.5) is 0 Å². The first kappa shape index (κ1) is 9.04. The quantitative estimate of drug-likeness (QED) is 0.556. The van der Waals surface area contributed by atoms with E-state index in [1.54, 1.807) is 0 Å². The maximum absolute atomic E-state index is 11.3. The maximum Gasteiger partial charge on any atom is 0.313 e. The number of carbonyl (C=O) groups is 1. The Morgan fingerprint density at radius 1 is 1.42 bits per heavy atom. The number of ether oxygens (including phenoxy) is 1. The van der Waals surface area contributed by atoms with Gasteiger partial charge in [-0.1, -0.05) is 38.2 Å². The second kappa shape index (κ2) is 3.13. The molecule has 0 aromatic rings. The molecule has 0 aromatic heterocycles. The summed E-state index contributed by atoms with van der Waals surface area (Å²) >= 11 is 0. The van der Waals surface area contributed by atoms with Gasteiger partial charge in [0.05, 0.1) is 13.0 Å². The average Bonchev–Trinajstić information content (AvgIpc) is 2.02. The highest BCUT2D eigenvalue weighted by atomic mass is 16.5. The van der Waals surface area contributed by atoms with E-state index in [1.807, 2.05) is 38.2 Å². The maximum atomic E-state index is 11.3. The molecule has 0 spiro atoms. The summed E-state index contributed by atoms with van der Waals surface area (Å²) in [6.07, 6.45) is 7.74. The highest BCUT2D eigenvalue weighted by Gasteiger charge is 2.32. The van der Waals surface area contributed by atoms with E-state index in [9.17, 15) is 4.79 Å². The minimum absolute atomic E-state index is 0.123. The molecule has 1 atom stereocenters. The van der Waals surface area contributed by atoms with Gasteiger partial charge >= 0.3 is 5.97 Å². The van der Waals surface area contributed by atoms with Gasteiger partial charge in [0.2, 0.25) is 0 Å². The first-order chi connectivity index (χ1) is 5.58. The lowest BCUT2D eigenvalue weighted by Gasteiger charge is -2.28. The van der Waals surface area contributed by atoms with Gasteiger partial charge < -0.3 is 4.74 Å². The molecule has 1 aliphatic rings. The summed E-state index contributed by atoms with van der Waals surface area (Å²) in [6, 6.07) is 0. The highest BCUT2D eigenvalue weighted by molar-refractivity contribution is 5.76. The minimum atomic E-state index is -0.166. The fourth-order valence-corrected chi connectivity index (χ4v) is 1.34. The van der Waals surface area contributed by atoms with E-state index in [1.165, 1.54) is 7.11 Å². The molecule has 2 heteroatoms. The summed E-state index contributed by atoms with van der Waals surface area (Å²) in [6.45, 7) is 4.04. The number of allylic oxidation sites excluding steroid dienone is 3. The lowest BCUT2D eigenvalue weighted by atomic mass is 9.76. The molecule has 0 fully saturated rings. The standard InChI is InChI=1S/C10H14O2/c1-10(2)7-5-4-6-8(10)9(11)12-3/h4-8H,1-3H3. The molecule has 2 nitrogen and oxygen atoms in total. The number of rotatable bonds is 1. The van der Waals surface area contributed by atoms with E-state index < -0.39 is 0 Å². The molecule has 0 aromatic carbocycles. The number of carbonyl (C=O) groups excluding carboxylic acids is 1. The fourth-order valence-electron chi connectivity index (χ4n) is 1.34. The Labute approximate surface area is 72.9 Å². The van der Waals surface area contributed by atoms with Crippen molar-refractivity contribution in [3.05, 3.63) is 24.3 Å². The molecule has 1 aliphatic carbocycles. The van der Waals surface area contributed by atoms with E-state index in [0.717, 1.165) is 0 Å². The van der Waals surface area contributed by atoms with Crippen LogP contribution in [0.15, 0.2) is 24.3 Å². The first-order valence-corrected chi connectivity index (χ1v) is 4.02. The molecule has 0 aliphatic heterocycles. The summed E-state index contributed by atoms with van der Waals surface area (Å²) in [5.41, 5.74) is -0.123. The average molecular weight is 166 g/mol. The van der Waals surface area contributed by atoms with Gasteiger partial charge in [0.1, 0.15) is 0 Å². The molecule has 1 rings (SSSR count). The largest absolute Gasteiger partial charge is 0.469 e. The van der Waals surface area contributed by atoms with Gasteiger partial charge in [0.15, 0.2) is 0 Å². The van der Waals surface area contributed by atoms with Crippen LogP contribution in [0, 0.1) is 11.3 Å². The van der Waals surface area contributed by atoms with Crippen LogP contribution in [-0.2, 0) is 9.53 Å². The zero-order chi connectivity index (χ0) is 9.19. The number of esters is 1. The lowest BCUT2D eigenvalue weighted by molar-refractivity contribution is -0.146. The Balaban J connectivity index is 2.84. The molecule has 0 heterocycles. The highest BCUT2D eigenvalue weighted by Crippen LogP contribution is 2.32. The third-order valence-corrected chi connectivity index (χ3v) is 2.20. The van der Waals surface area contributed by atoms with Gasteiger partial charge in [-0.3, -0.25) is 4.79 Å². The van der Waals surface area contributed by atoms with Crippen molar-refractivity contribution in [2.24, 2.45) is 11.3 Å². The van der Waals surface area contributed by atoms with Crippen molar-refractivity contribution >= 4 is 5.97 Å². The van der Waals surface area contributed by atoms with Crippen molar-refractivity contribution in [1.29, 1.82) is 0 Å². The van der Waals surface area contributed by atoms with E-state index in [-0.39, 0.29) is 17.3 Å². The number of methoxy groups -OCH3 is 1. The second-order valence-electron chi connectivity index (χ2n) is 3.57. The summed E-state index contributed by atoms with van der Waals surface area (Å²) in [7, 11) is 1.42. The lowest BCUT2D eigenvalue weighted by Crippen LogP contribution is -2.29. The van der Waals surface area contributed by atoms with Gasteiger partial charge in [-0.25, -0.2) is 0 Å². The van der Waals surface area contributed by atoms with Crippen LogP contribution in [0.2, 0.25) is 0 Å². The fraction of sp³-hybridized carbons (Fsp3) is 0.500. The Morgan fingerprint density at radius 3 is 2.58 bits per heavy atom. The van der Waals surface area contributed by atoms with Crippen molar-refractivity contribution in [3.63, 3.8) is 0 Å². The van der Waals surface area contributed by atoms with Crippen LogP contribution in [0.5, 0.6) is 0 Å². The predicted octanol–water partition coefficient (Wildman–Crippen LogP) is 1.93. The van der Waals surface area contributed by atoms with Gasteiger partial charge in [-0.15, -0.1) is 0 Å². The van der Waals surface area contributed by atoms with Gasteiger partial charge in [0, 0.05) is 0 Å². The summed E-state index contributed by atoms with van der Waals surface area (Å²) in [4.78, 5) is 11.3. The third-order valence-electron chi connectivity index (χ3n) is 2.20. The molecule has 1 unspecified atom stereocenters. The Bertz CT molecular complexity index is 236. The van der Waals surface area contributed by atoms with Crippen molar-refractivity contribution in [1.82, 2.24) is 0 Å². The molecule has 0 N–H and O–H groups in total. The molecule has 66 valence electrons. The molecule has 0 amide bonds. The zero-order valence-electron chi connectivity index (χ0n) is 7.70. The Hall–Kier alpha value is -1.05. The monoisotopic (exact) mass is 166 g/mol. The first-order valence-electron chi connectivity index (χ1n) is 4.02. The smallest absolute Gasteiger partial charge is 0.313 e. The van der Waals surface area contributed by atoms with Crippen molar-refractivity contribution < 1.29 is 9.53 Å². The number of hydrogen-bond donors (Lipinski definition) is 0. The summed E-state index contributed by atoms with van der Waals surface area (Å²) in [5, 5.41) is 0. The summed E-state index contributed by atoms with van der Waals surface area (Å²) < 4.78 is 4.70. The van der Waals surface area contributed by atoms with E-state index in [2.05, 4.69) is 0 Å². The van der Waals surface area contributed by atoms with Crippen LogP contribution in [0.1, 0.15) is 13.8 Å². The summed E-state index contributed by atoms with van der Waals surface area (Å²) in [5.74, 6) is -0.312. The Kier molecular flexibility index (Phi) is 2.36. The zero-order valence-corrected chi connectivity index (χ0v) is 7.70. The van der Waals surface area contributed by atoms with Crippen LogP contribution in [0.25, 0.3) is 0 Å². The normalized spacial score (nSPS) is 25.4. The molecule has 0 saturated heterocycles. The van der Waals surface area contributed by atoms with E-state index >= 15 is 0 Å². The van der Waals surface area contributed by atoms with Crippen LogP contribution >= 0.6 is 0 Å². The van der Waals surface area contributed by atoms with Crippen molar-refractivity contribution in [2.45, 2.75) is 13.8 Å². The molecule has 12 heavy (non-hydrogen) atoms. The molecule has 0 saturated carbocycles. The van der Waals surface area contributed by atoms with Crippen molar-refractivity contribution in [2.75, 3.05) is 7.11 Å². The van der Waals surface area contributed by atoms with Gasteiger partial charge in [0.25, 0.3) is 0 Å². The minimum Gasteiger partial charge on any atom is -0.469 e. The third kappa shape index (κ3) is 1.58. The predicted molar refractivity (Wildman–Crippen MR) is 47.6 cm³/mol. The van der Waals surface area contributed by atoms with E-state index in [4.69, 9.17) is 4.74 Å². The second-order valence-corrected chi connectivity index (χ2v) is 3.57. The molecular formula is C10H14O2. The van der Waals surface area contributed by atoms with Crippen LogP contribution < -0.4 is 0 Å². The van der Waals surface area contributed by atoms with Gasteiger partial charge in [-0.2, -0.15) is 0 Å².